The molecule has 7 nitrogen and oxygen atoms in total. The van der Waals surface area contributed by atoms with Gasteiger partial charge in [0.05, 0.1) is 6.20 Å². The van der Waals surface area contributed by atoms with Crippen LogP contribution in [-0.2, 0) is 0 Å². The van der Waals surface area contributed by atoms with Crippen molar-refractivity contribution in [2.75, 3.05) is 37.1 Å². The Hall–Kier alpha value is -2.18. The van der Waals surface area contributed by atoms with Crippen LogP contribution in [-0.4, -0.2) is 41.1 Å². The summed E-state index contributed by atoms with van der Waals surface area (Å²) in [6, 6.07) is 0. The van der Waals surface area contributed by atoms with Gasteiger partial charge in [0.15, 0.2) is 5.82 Å². The minimum absolute atomic E-state index is 0.539. The van der Waals surface area contributed by atoms with Gasteiger partial charge in [-0.15, -0.1) is 0 Å². The lowest BCUT2D eigenvalue weighted by Crippen LogP contribution is -2.04. The Labute approximate surface area is 92.7 Å². The molecule has 0 saturated heterocycles. The van der Waals surface area contributed by atoms with Crippen LogP contribution in [0.1, 0.15) is 0 Å². The molecule has 2 rings (SSSR count). The summed E-state index contributed by atoms with van der Waals surface area (Å²) >= 11 is 0. The molecule has 7 heteroatoms. The molecule has 0 aliphatic carbocycles. The molecule has 2 aromatic heterocycles. The molecule has 0 bridgehead atoms. The molecular weight excluding hydrogens is 206 g/mol. The highest BCUT2D eigenvalue weighted by molar-refractivity contribution is 5.86. The van der Waals surface area contributed by atoms with Crippen LogP contribution >= 0.6 is 0 Å². The molecule has 0 aromatic carbocycles. The van der Waals surface area contributed by atoms with Crippen LogP contribution in [0.5, 0.6) is 0 Å². The molecule has 0 unspecified atom stereocenters. The SMILES string of the molecule is CNc1nc(NC)c2nc(NC)ncc2n1. The monoisotopic (exact) mass is 219 g/mol. The largest absolute Gasteiger partial charge is 0.371 e. The number of aromatic nitrogens is 4. The lowest BCUT2D eigenvalue weighted by atomic mass is 10.4. The average molecular weight is 219 g/mol. The second kappa shape index (κ2) is 4.13. The fourth-order valence-corrected chi connectivity index (χ4v) is 1.34. The summed E-state index contributed by atoms with van der Waals surface area (Å²) in [5, 5.41) is 8.75. The van der Waals surface area contributed by atoms with Crippen LogP contribution in [0, 0.1) is 0 Å². The minimum Gasteiger partial charge on any atom is -0.371 e. The molecule has 0 radical (unpaired) electrons. The van der Waals surface area contributed by atoms with E-state index >= 15 is 0 Å². The van der Waals surface area contributed by atoms with Crippen molar-refractivity contribution in [3.63, 3.8) is 0 Å². The van der Waals surface area contributed by atoms with E-state index in [9.17, 15) is 0 Å². The zero-order valence-corrected chi connectivity index (χ0v) is 9.37. The maximum Gasteiger partial charge on any atom is 0.225 e. The highest BCUT2D eigenvalue weighted by Gasteiger charge is 2.08. The Morgan fingerprint density at radius 2 is 1.62 bits per heavy atom. The van der Waals surface area contributed by atoms with E-state index in [1.807, 2.05) is 0 Å². The van der Waals surface area contributed by atoms with Crippen LogP contribution < -0.4 is 16.0 Å². The molecule has 0 amide bonds. The maximum atomic E-state index is 4.30. The zero-order chi connectivity index (χ0) is 11.5. The predicted octanol–water partition coefficient (Wildman–Crippen LogP) is 0.545. The van der Waals surface area contributed by atoms with Gasteiger partial charge >= 0.3 is 0 Å². The third-order valence-corrected chi connectivity index (χ3v) is 2.12. The number of anilines is 3. The normalized spacial score (nSPS) is 10.2. The van der Waals surface area contributed by atoms with Gasteiger partial charge in [-0.05, 0) is 0 Å². The molecule has 3 N–H and O–H groups in total. The molecule has 16 heavy (non-hydrogen) atoms. The summed E-state index contributed by atoms with van der Waals surface area (Å²) in [6.45, 7) is 0. The van der Waals surface area contributed by atoms with E-state index in [-0.39, 0.29) is 0 Å². The number of fused-ring (bicyclic) bond motifs is 1. The van der Waals surface area contributed by atoms with Crippen LogP contribution in [0.25, 0.3) is 11.0 Å². The summed E-state index contributed by atoms with van der Waals surface area (Å²) in [4.78, 5) is 16.9. The molecule has 0 fully saturated rings. The summed E-state index contributed by atoms with van der Waals surface area (Å²) in [5.41, 5.74) is 1.39. The minimum atomic E-state index is 0.539. The van der Waals surface area contributed by atoms with Crippen LogP contribution in [0.15, 0.2) is 6.20 Å². The van der Waals surface area contributed by atoms with Crippen molar-refractivity contribution in [3.8, 4) is 0 Å². The van der Waals surface area contributed by atoms with Gasteiger partial charge in [0, 0.05) is 21.1 Å². The standard InChI is InChI=1S/C9H13N7/c1-10-7-6-5(14-9(12-3)16-7)4-13-8(11-2)15-6/h4H,1-3H3,(H,11,13,15)(H2,10,12,14,16). The number of rotatable bonds is 3. The number of nitrogens with zero attached hydrogens (tertiary/aromatic N) is 4. The third kappa shape index (κ3) is 1.67. The summed E-state index contributed by atoms with van der Waals surface area (Å²) < 4.78 is 0. The van der Waals surface area contributed by atoms with Crippen LogP contribution in [0.2, 0.25) is 0 Å². The first-order chi connectivity index (χ1) is 7.78. The second-order valence-corrected chi connectivity index (χ2v) is 3.07. The van der Waals surface area contributed by atoms with Gasteiger partial charge in [0.25, 0.3) is 0 Å². The van der Waals surface area contributed by atoms with E-state index in [4.69, 9.17) is 0 Å². The molecule has 0 aliphatic rings. The van der Waals surface area contributed by atoms with Gasteiger partial charge < -0.3 is 16.0 Å². The van der Waals surface area contributed by atoms with Crippen molar-refractivity contribution in [1.82, 2.24) is 19.9 Å². The number of hydrogen-bond acceptors (Lipinski definition) is 7. The van der Waals surface area contributed by atoms with Gasteiger partial charge in [0.2, 0.25) is 11.9 Å². The molecule has 0 atom stereocenters. The highest BCUT2D eigenvalue weighted by Crippen LogP contribution is 2.19. The van der Waals surface area contributed by atoms with E-state index in [0.29, 0.717) is 28.7 Å². The average Bonchev–Trinajstić information content (AvgIpc) is 2.36. The molecule has 2 heterocycles. The summed E-state index contributed by atoms with van der Waals surface area (Å²) in [7, 11) is 5.33. The second-order valence-electron chi connectivity index (χ2n) is 3.07. The van der Waals surface area contributed by atoms with E-state index in [1.165, 1.54) is 0 Å². The molecule has 84 valence electrons. The first kappa shape index (κ1) is 10.3. The molecule has 2 aromatic rings. The van der Waals surface area contributed by atoms with Crippen molar-refractivity contribution in [1.29, 1.82) is 0 Å². The highest BCUT2D eigenvalue weighted by atomic mass is 15.2. The smallest absolute Gasteiger partial charge is 0.225 e. The molecular formula is C9H13N7. The van der Waals surface area contributed by atoms with Gasteiger partial charge in [-0.1, -0.05) is 0 Å². The topological polar surface area (TPSA) is 87.7 Å². The Kier molecular flexibility index (Phi) is 2.67. The Morgan fingerprint density at radius 1 is 0.875 bits per heavy atom. The molecule has 0 aliphatic heterocycles. The zero-order valence-electron chi connectivity index (χ0n) is 9.37. The quantitative estimate of drug-likeness (QED) is 0.694. The van der Waals surface area contributed by atoms with E-state index in [1.54, 1.807) is 27.3 Å². The van der Waals surface area contributed by atoms with Crippen molar-refractivity contribution >= 4 is 28.7 Å². The van der Waals surface area contributed by atoms with Crippen LogP contribution in [0.3, 0.4) is 0 Å². The lowest BCUT2D eigenvalue weighted by molar-refractivity contribution is 1.13. The summed E-state index contributed by atoms with van der Waals surface area (Å²) in [6.07, 6.45) is 1.66. The molecule has 0 saturated carbocycles. The van der Waals surface area contributed by atoms with Crippen molar-refractivity contribution < 1.29 is 0 Å². The predicted molar refractivity (Wildman–Crippen MR) is 63.8 cm³/mol. The Bertz CT molecular complexity index is 510. The number of nitrogens with one attached hydrogen (secondary N) is 3. The van der Waals surface area contributed by atoms with Crippen molar-refractivity contribution in [3.05, 3.63) is 6.20 Å². The van der Waals surface area contributed by atoms with Crippen molar-refractivity contribution in [2.24, 2.45) is 0 Å². The van der Waals surface area contributed by atoms with Crippen molar-refractivity contribution in [2.45, 2.75) is 0 Å². The van der Waals surface area contributed by atoms with Gasteiger partial charge in [-0.3, -0.25) is 0 Å². The molecule has 0 spiro atoms. The van der Waals surface area contributed by atoms with Gasteiger partial charge in [0.1, 0.15) is 11.0 Å². The van der Waals surface area contributed by atoms with E-state index < -0.39 is 0 Å². The fraction of sp³-hybridized carbons (Fsp3) is 0.333. The first-order valence-corrected chi connectivity index (χ1v) is 4.86. The number of hydrogen-bond donors (Lipinski definition) is 3. The van der Waals surface area contributed by atoms with E-state index in [0.717, 1.165) is 0 Å². The van der Waals surface area contributed by atoms with Gasteiger partial charge in [-0.25, -0.2) is 15.0 Å². The Morgan fingerprint density at radius 3 is 2.25 bits per heavy atom. The maximum absolute atomic E-state index is 4.30. The van der Waals surface area contributed by atoms with E-state index in [2.05, 4.69) is 35.9 Å². The fourth-order valence-electron chi connectivity index (χ4n) is 1.34. The van der Waals surface area contributed by atoms with Gasteiger partial charge in [-0.2, -0.15) is 4.98 Å². The summed E-state index contributed by atoms with van der Waals surface area (Å²) in [5.74, 6) is 1.76. The lowest BCUT2D eigenvalue weighted by Gasteiger charge is -2.07. The van der Waals surface area contributed by atoms with Crippen LogP contribution in [0.4, 0.5) is 17.7 Å². The Balaban J connectivity index is 2.69. The first-order valence-electron chi connectivity index (χ1n) is 4.86. The third-order valence-electron chi connectivity index (χ3n) is 2.12.